The van der Waals surface area contributed by atoms with Crippen LogP contribution in [0.2, 0.25) is 15.1 Å². The van der Waals surface area contributed by atoms with Crippen molar-refractivity contribution in [3.05, 3.63) is 45.5 Å². The largest absolute Gasteiger partial charge is 0.321 e. The number of hydrogen-bond acceptors (Lipinski definition) is 5. The smallest absolute Gasteiger partial charge is 0.281 e. The lowest BCUT2D eigenvalue weighted by Gasteiger charge is -2.13. The predicted octanol–water partition coefficient (Wildman–Crippen LogP) is 3.13. The SMILES string of the molecule is NNc1cccnc1S(=O)(=O)Nc1c(Cl)cc(Cl)cc1Cl. The van der Waals surface area contributed by atoms with Crippen LogP contribution in [-0.2, 0) is 10.0 Å². The van der Waals surface area contributed by atoms with Crippen LogP contribution >= 0.6 is 34.8 Å². The van der Waals surface area contributed by atoms with Gasteiger partial charge in [-0.2, -0.15) is 8.42 Å². The second kappa shape index (κ2) is 6.25. The number of aromatic nitrogens is 1. The summed E-state index contributed by atoms with van der Waals surface area (Å²) in [4.78, 5) is 3.79. The predicted molar refractivity (Wildman–Crippen MR) is 84.3 cm³/mol. The van der Waals surface area contributed by atoms with Gasteiger partial charge in [-0.25, -0.2) is 4.98 Å². The van der Waals surface area contributed by atoms with E-state index in [0.717, 1.165) is 0 Å². The Morgan fingerprint density at radius 1 is 1.14 bits per heavy atom. The highest BCUT2D eigenvalue weighted by Crippen LogP contribution is 2.35. The van der Waals surface area contributed by atoms with Gasteiger partial charge in [-0.3, -0.25) is 10.6 Å². The van der Waals surface area contributed by atoms with Crippen LogP contribution in [0.4, 0.5) is 11.4 Å². The number of sulfonamides is 1. The summed E-state index contributed by atoms with van der Waals surface area (Å²) >= 11 is 17.7. The Bertz CT molecular complexity index is 760. The van der Waals surface area contributed by atoms with Crippen LogP contribution in [0.25, 0.3) is 0 Å². The van der Waals surface area contributed by atoms with Crippen molar-refractivity contribution in [1.29, 1.82) is 0 Å². The van der Waals surface area contributed by atoms with Gasteiger partial charge in [-0.1, -0.05) is 34.8 Å². The highest BCUT2D eigenvalue weighted by atomic mass is 35.5. The van der Waals surface area contributed by atoms with Crippen LogP contribution in [0.3, 0.4) is 0 Å². The Morgan fingerprint density at radius 2 is 1.76 bits per heavy atom. The number of hydrazine groups is 1. The van der Waals surface area contributed by atoms with Crippen molar-refractivity contribution in [3.63, 3.8) is 0 Å². The molecule has 2 rings (SSSR count). The second-order valence-corrected chi connectivity index (χ2v) is 6.70. The molecule has 0 saturated carbocycles. The van der Waals surface area contributed by atoms with Crippen LogP contribution < -0.4 is 16.0 Å². The Hall–Kier alpha value is -1.25. The van der Waals surface area contributed by atoms with Gasteiger partial charge in [0.1, 0.15) is 0 Å². The first-order valence-corrected chi connectivity index (χ1v) is 8.06. The summed E-state index contributed by atoms with van der Waals surface area (Å²) < 4.78 is 27.0. The number of pyridine rings is 1. The van der Waals surface area contributed by atoms with Gasteiger partial charge in [0.15, 0.2) is 0 Å². The summed E-state index contributed by atoms with van der Waals surface area (Å²) in [6.07, 6.45) is 1.32. The Kier molecular flexibility index (Phi) is 4.80. The van der Waals surface area contributed by atoms with E-state index in [4.69, 9.17) is 40.6 Å². The van der Waals surface area contributed by atoms with E-state index < -0.39 is 10.0 Å². The molecule has 0 spiro atoms. The molecule has 0 bridgehead atoms. The number of halogens is 3. The first kappa shape index (κ1) is 16.1. The molecule has 0 aliphatic heterocycles. The minimum absolute atomic E-state index is 0.0105. The number of hydrogen-bond donors (Lipinski definition) is 3. The maximum Gasteiger partial charge on any atom is 0.281 e. The van der Waals surface area contributed by atoms with E-state index in [1.165, 1.54) is 30.5 Å². The molecule has 0 saturated heterocycles. The third-order valence-electron chi connectivity index (χ3n) is 2.42. The molecule has 0 aliphatic rings. The fraction of sp³-hybridized carbons (Fsp3) is 0. The third-order valence-corrected chi connectivity index (χ3v) is 4.55. The normalized spacial score (nSPS) is 11.2. The van der Waals surface area contributed by atoms with Crippen molar-refractivity contribution in [2.75, 3.05) is 10.1 Å². The van der Waals surface area contributed by atoms with E-state index in [1.807, 2.05) is 0 Å². The van der Waals surface area contributed by atoms with Crippen LogP contribution in [0.1, 0.15) is 0 Å². The van der Waals surface area contributed by atoms with Crippen molar-refractivity contribution in [1.82, 2.24) is 4.98 Å². The van der Waals surface area contributed by atoms with Gasteiger partial charge in [-0.15, -0.1) is 0 Å². The zero-order valence-electron chi connectivity index (χ0n) is 10.3. The minimum atomic E-state index is -4.03. The maximum atomic E-state index is 12.4. The van der Waals surface area contributed by atoms with E-state index in [2.05, 4.69) is 15.1 Å². The van der Waals surface area contributed by atoms with Crippen molar-refractivity contribution in [3.8, 4) is 0 Å². The van der Waals surface area contributed by atoms with E-state index in [1.54, 1.807) is 0 Å². The lowest BCUT2D eigenvalue weighted by molar-refractivity contribution is 0.598. The number of nitrogens with one attached hydrogen (secondary N) is 2. The molecule has 0 amide bonds. The Morgan fingerprint density at radius 3 is 2.33 bits per heavy atom. The van der Waals surface area contributed by atoms with Gasteiger partial charge >= 0.3 is 0 Å². The summed E-state index contributed by atoms with van der Waals surface area (Å²) in [5.41, 5.74) is 2.40. The standard InChI is InChI=1S/C11H9Cl3N4O2S/c12-6-4-7(13)10(8(14)5-6)18-21(19,20)11-9(17-15)2-1-3-16-11/h1-5,17-18H,15H2. The second-order valence-electron chi connectivity index (χ2n) is 3.85. The van der Waals surface area contributed by atoms with Crippen molar-refractivity contribution < 1.29 is 8.42 Å². The number of rotatable bonds is 4. The number of nitrogens with two attached hydrogens (primary N) is 1. The summed E-state index contributed by atoms with van der Waals surface area (Å²) in [7, 11) is -4.03. The molecule has 10 heteroatoms. The van der Waals surface area contributed by atoms with Crippen molar-refractivity contribution in [2.24, 2.45) is 5.84 Å². The topological polar surface area (TPSA) is 97.1 Å². The molecule has 1 aromatic heterocycles. The van der Waals surface area contributed by atoms with Crippen LogP contribution in [0.15, 0.2) is 35.5 Å². The minimum Gasteiger partial charge on any atom is -0.321 e. The lowest BCUT2D eigenvalue weighted by Crippen LogP contribution is -2.19. The van der Waals surface area contributed by atoms with Crippen molar-refractivity contribution in [2.45, 2.75) is 5.03 Å². The van der Waals surface area contributed by atoms with Crippen LogP contribution in [-0.4, -0.2) is 13.4 Å². The zero-order chi connectivity index (χ0) is 15.6. The lowest BCUT2D eigenvalue weighted by atomic mass is 10.3. The van der Waals surface area contributed by atoms with E-state index >= 15 is 0 Å². The van der Waals surface area contributed by atoms with Gasteiger partial charge in [0.25, 0.3) is 10.0 Å². The molecule has 1 aromatic carbocycles. The van der Waals surface area contributed by atoms with Gasteiger partial charge in [0.2, 0.25) is 5.03 Å². The zero-order valence-corrected chi connectivity index (χ0v) is 13.4. The molecule has 112 valence electrons. The first-order valence-electron chi connectivity index (χ1n) is 5.44. The average Bonchev–Trinajstić information content (AvgIpc) is 2.43. The number of anilines is 2. The fourth-order valence-corrected chi connectivity index (χ4v) is 3.76. The summed E-state index contributed by atoms with van der Waals surface area (Å²) in [5, 5.41) is 0.133. The van der Waals surface area contributed by atoms with Gasteiger partial charge in [0.05, 0.1) is 21.4 Å². The van der Waals surface area contributed by atoms with Gasteiger partial charge in [-0.05, 0) is 24.3 Å². The molecule has 0 atom stereocenters. The number of nitrogen functional groups attached to an aromatic ring is 1. The quantitative estimate of drug-likeness (QED) is 0.570. The number of benzene rings is 1. The molecule has 4 N–H and O–H groups in total. The third kappa shape index (κ3) is 3.50. The molecule has 0 unspecified atom stereocenters. The van der Waals surface area contributed by atoms with Crippen LogP contribution in [0, 0.1) is 0 Å². The monoisotopic (exact) mass is 366 g/mol. The van der Waals surface area contributed by atoms with Crippen LogP contribution in [0.5, 0.6) is 0 Å². The fourth-order valence-electron chi connectivity index (χ4n) is 1.54. The molecule has 21 heavy (non-hydrogen) atoms. The molecule has 1 heterocycles. The average molecular weight is 368 g/mol. The van der Waals surface area contributed by atoms with E-state index in [9.17, 15) is 8.42 Å². The molecule has 0 radical (unpaired) electrons. The van der Waals surface area contributed by atoms with Crippen molar-refractivity contribution >= 4 is 56.2 Å². The van der Waals surface area contributed by atoms with E-state index in [0.29, 0.717) is 0 Å². The molecule has 2 aromatic rings. The van der Waals surface area contributed by atoms with E-state index in [-0.39, 0.29) is 31.5 Å². The summed E-state index contributed by atoms with van der Waals surface area (Å²) in [6.45, 7) is 0. The Balaban J connectivity index is 2.48. The first-order chi connectivity index (χ1) is 9.85. The number of nitrogens with zero attached hydrogens (tertiary/aromatic N) is 1. The summed E-state index contributed by atoms with van der Waals surface area (Å²) in [5.74, 6) is 5.27. The highest BCUT2D eigenvalue weighted by molar-refractivity contribution is 7.92. The molecular formula is C11H9Cl3N4O2S. The maximum absolute atomic E-state index is 12.4. The molecular weight excluding hydrogens is 359 g/mol. The molecule has 6 nitrogen and oxygen atoms in total. The van der Waals surface area contributed by atoms with Gasteiger partial charge < -0.3 is 5.43 Å². The summed E-state index contributed by atoms with van der Waals surface area (Å²) in [6, 6.07) is 5.74. The molecule has 0 aliphatic carbocycles. The molecule has 0 fully saturated rings. The highest BCUT2D eigenvalue weighted by Gasteiger charge is 2.22. The van der Waals surface area contributed by atoms with Gasteiger partial charge in [0, 0.05) is 11.2 Å². The Labute approximate surface area is 136 Å².